The normalized spacial score (nSPS) is 37.2. The molecule has 4 aliphatic rings. The van der Waals surface area contributed by atoms with Crippen molar-refractivity contribution in [3.63, 3.8) is 0 Å². The average molecular weight is 302 g/mol. The fourth-order valence-corrected chi connectivity index (χ4v) is 5.03. The predicted molar refractivity (Wildman–Crippen MR) is 83.9 cm³/mol. The molecule has 4 atom stereocenters. The van der Waals surface area contributed by atoms with Gasteiger partial charge < -0.3 is 10.2 Å². The minimum absolute atomic E-state index is 0.102. The van der Waals surface area contributed by atoms with Gasteiger partial charge in [0.05, 0.1) is 11.8 Å². The summed E-state index contributed by atoms with van der Waals surface area (Å²) < 4.78 is 0. The summed E-state index contributed by atoms with van der Waals surface area (Å²) in [6.45, 7) is 1.76. The quantitative estimate of drug-likeness (QED) is 0.812. The van der Waals surface area contributed by atoms with Gasteiger partial charge in [0.25, 0.3) is 0 Å². The van der Waals surface area contributed by atoms with E-state index in [9.17, 15) is 9.59 Å². The largest absolute Gasteiger partial charge is 0.353 e. The van der Waals surface area contributed by atoms with Crippen LogP contribution in [0.4, 0.5) is 0 Å². The Morgan fingerprint density at radius 2 is 1.55 bits per heavy atom. The van der Waals surface area contributed by atoms with Crippen molar-refractivity contribution in [1.82, 2.24) is 10.2 Å². The van der Waals surface area contributed by atoms with Crippen LogP contribution in [0.15, 0.2) is 12.2 Å². The lowest BCUT2D eigenvalue weighted by Crippen LogP contribution is -2.46. The third-order valence-electron chi connectivity index (χ3n) is 6.17. The van der Waals surface area contributed by atoms with E-state index in [1.807, 2.05) is 4.90 Å². The first kappa shape index (κ1) is 14.3. The van der Waals surface area contributed by atoms with Gasteiger partial charge in [-0.3, -0.25) is 9.59 Å². The van der Waals surface area contributed by atoms with Gasteiger partial charge >= 0.3 is 0 Å². The Labute approximate surface area is 132 Å². The maximum atomic E-state index is 12.9. The number of carbonyl (C=O) groups is 2. The van der Waals surface area contributed by atoms with Crippen LogP contribution >= 0.6 is 0 Å². The maximum Gasteiger partial charge on any atom is 0.227 e. The molecule has 0 aromatic heterocycles. The molecule has 3 fully saturated rings. The summed E-state index contributed by atoms with van der Waals surface area (Å²) in [5.74, 6) is 0.723. The minimum Gasteiger partial charge on any atom is -0.353 e. The molecule has 2 amide bonds. The van der Waals surface area contributed by atoms with Crippen LogP contribution in [0.1, 0.15) is 44.9 Å². The topological polar surface area (TPSA) is 49.4 Å². The Morgan fingerprint density at radius 3 is 2.23 bits per heavy atom. The summed E-state index contributed by atoms with van der Waals surface area (Å²) in [7, 11) is 0. The van der Waals surface area contributed by atoms with Crippen LogP contribution in [-0.4, -0.2) is 35.8 Å². The summed E-state index contributed by atoms with van der Waals surface area (Å²) in [5.41, 5.74) is 0. The van der Waals surface area contributed by atoms with E-state index in [1.54, 1.807) is 0 Å². The van der Waals surface area contributed by atoms with Gasteiger partial charge in [0, 0.05) is 19.1 Å². The number of nitrogens with one attached hydrogen (secondary N) is 1. The molecule has 1 saturated heterocycles. The SMILES string of the molecule is O=C(NC1CCCC1)[C@H]1[C@@H](C(=O)N2CCCC2)[C@H]2C=C[C@H]1C2. The zero-order valence-electron chi connectivity index (χ0n) is 13.2. The van der Waals surface area contributed by atoms with Crippen LogP contribution < -0.4 is 5.32 Å². The highest BCUT2D eigenvalue weighted by Gasteiger charge is 2.52. The third kappa shape index (κ3) is 2.37. The first-order valence-electron chi connectivity index (χ1n) is 9.01. The summed E-state index contributed by atoms with van der Waals surface area (Å²) >= 11 is 0. The molecule has 4 heteroatoms. The van der Waals surface area contributed by atoms with E-state index in [4.69, 9.17) is 0 Å². The van der Waals surface area contributed by atoms with Gasteiger partial charge in [-0.15, -0.1) is 0 Å². The molecule has 2 saturated carbocycles. The molecule has 0 aromatic rings. The van der Waals surface area contributed by atoms with Crippen molar-refractivity contribution in [2.24, 2.45) is 23.7 Å². The molecule has 120 valence electrons. The van der Waals surface area contributed by atoms with E-state index in [0.29, 0.717) is 6.04 Å². The molecule has 0 radical (unpaired) electrons. The molecule has 4 rings (SSSR count). The zero-order chi connectivity index (χ0) is 15.1. The molecule has 1 heterocycles. The fraction of sp³-hybridized carbons (Fsp3) is 0.778. The minimum atomic E-state index is -0.122. The van der Waals surface area contributed by atoms with Crippen LogP contribution in [-0.2, 0) is 9.59 Å². The lowest BCUT2D eigenvalue weighted by molar-refractivity contribution is -0.141. The number of allylic oxidation sites excluding steroid dienone is 2. The van der Waals surface area contributed by atoms with Crippen LogP contribution in [0.25, 0.3) is 0 Å². The number of rotatable bonds is 3. The zero-order valence-corrected chi connectivity index (χ0v) is 13.2. The first-order valence-corrected chi connectivity index (χ1v) is 9.01. The Balaban J connectivity index is 1.49. The van der Waals surface area contributed by atoms with Crippen LogP contribution in [0, 0.1) is 23.7 Å². The number of hydrogen-bond acceptors (Lipinski definition) is 2. The van der Waals surface area contributed by atoms with Gasteiger partial charge in [-0.2, -0.15) is 0 Å². The molecular formula is C18H26N2O2. The van der Waals surface area contributed by atoms with Crippen molar-refractivity contribution in [2.45, 2.75) is 51.0 Å². The smallest absolute Gasteiger partial charge is 0.227 e. The molecule has 1 aliphatic heterocycles. The van der Waals surface area contributed by atoms with Gasteiger partial charge in [0.2, 0.25) is 11.8 Å². The Bertz CT molecular complexity index is 489. The lowest BCUT2D eigenvalue weighted by atomic mass is 9.81. The molecule has 4 nitrogen and oxygen atoms in total. The number of amides is 2. The van der Waals surface area contributed by atoms with Crippen molar-refractivity contribution in [1.29, 1.82) is 0 Å². The molecule has 0 spiro atoms. The van der Waals surface area contributed by atoms with E-state index < -0.39 is 0 Å². The van der Waals surface area contributed by atoms with Gasteiger partial charge in [-0.25, -0.2) is 0 Å². The highest BCUT2D eigenvalue weighted by molar-refractivity contribution is 5.90. The monoisotopic (exact) mass is 302 g/mol. The first-order chi connectivity index (χ1) is 10.7. The van der Waals surface area contributed by atoms with Gasteiger partial charge in [0.1, 0.15) is 0 Å². The molecule has 1 N–H and O–H groups in total. The predicted octanol–water partition coefficient (Wildman–Crippen LogP) is 2.11. The van der Waals surface area contributed by atoms with Crippen molar-refractivity contribution in [2.75, 3.05) is 13.1 Å². The second kappa shape index (κ2) is 5.71. The lowest BCUT2D eigenvalue weighted by Gasteiger charge is -2.30. The van der Waals surface area contributed by atoms with Crippen LogP contribution in [0.2, 0.25) is 0 Å². The summed E-state index contributed by atoms with van der Waals surface area (Å²) in [4.78, 5) is 27.7. The second-order valence-corrected chi connectivity index (χ2v) is 7.52. The van der Waals surface area contributed by atoms with Crippen molar-refractivity contribution >= 4 is 11.8 Å². The number of likely N-dealkylation sites (tertiary alicyclic amines) is 1. The highest BCUT2D eigenvalue weighted by Crippen LogP contribution is 2.49. The van der Waals surface area contributed by atoms with Crippen molar-refractivity contribution in [3.05, 3.63) is 12.2 Å². The van der Waals surface area contributed by atoms with E-state index >= 15 is 0 Å². The van der Waals surface area contributed by atoms with Crippen molar-refractivity contribution < 1.29 is 9.59 Å². The van der Waals surface area contributed by atoms with E-state index in [1.165, 1.54) is 12.8 Å². The molecule has 22 heavy (non-hydrogen) atoms. The van der Waals surface area contributed by atoms with Crippen LogP contribution in [0.3, 0.4) is 0 Å². The van der Waals surface area contributed by atoms with Crippen LogP contribution in [0.5, 0.6) is 0 Å². The Morgan fingerprint density at radius 1 is 0.909 bits per heavy atom. The maximum absolute atomic E-state index is 12.9. The number of hydrogen-bond donors (Lipinski definition) is 1. The number of nitrogens with zero attached hydrogens (tertiary/aromatic N) is 1. The van der Waals surface area contributed by atoms with Gasteiger partial charge in [-0.05, 0) is 43.9 Å². The fourth-order valence-electron chi connectivity index (χ4n) is 5.03. The molecular weight excluding hydrogens is 276 g/mol. The Kier molecular flexibility index (Phi) is 3.71. The van der Waals surface area contributed by atoms with E-state index in [-0.39, 0.29) is 35.5 Å². The molecule has 0 aromatic carbocycles. The standard InChI is InChI=1S/C18H26N2O2/c21-17(19-14-5-1-2-6-14)15-12-7-8-13(11-12)16(15)18(22)20-9-3-4-10-20/h7-8,12-16H,1-6,9-11H2,(H,19,21)/t12-,13-,15+,16-/m0/s1. The summed E-state index contributed by atoms with van der Waals surface area (Å²) in [6, 6.07) is 0.346. The third-order valence-corrected chi connectivity index (χ3v) is 6.17. The summed E-state index contributed by atoms with van der Waals surface area (Å²) in [5, 5.41) is 3.24. The highest BCUT2D eigenvalue weighted by atomic mass is 16.2. The Hall–Kier alpha value is -1.32. The van der Waals surface area contributed by atoms with Gasteiger partial charge in [0.15, 0.2) is 0 Å². The second-order valence-electron chi connectivity index (χ2n) is 7.52. The summed E-state index contributed by atoms with van der Waals surface area (Å²) in [6.07, 6.45) is 12.2. The van der Waals surface area contributed by atoms with E-state index in [2.05, 4.69) is 17.5 Å². The van der Waals surface area contributed by atoms with Gasteiger partial charge in [-0.1, -0.05) is 25.0 Å². The van der Waals surface area contributed by atoms with E-state index in [0.717, 1.165) is 45.2 Å². The molecule has 2 bridgehead atoms. The number of carbonyl (C=O) groups excluding carboxylic acids is 2. The molecule has 0 unspecified atom stereocenters. The van der Waals surface area contributed by atoms with Crippen molar-refractivity contribution in [3.8, 4) is 0 Å². The average Bonchev–Trinajstić information content (AvgIpc) is 3.27. The number of fused-ring (bicyclic) bond motifs is 2. The molecule has 3 aliphatic carbocycles.